The van der Waals surface area contributed by atoms with Crippen molar-refractivity contribution in [2.45, 2.75) is 45.4 Å². The van der Waals surface area contributed by atoms with Crippen LogP contribution in [0.3, 0.4) is 0 Å². The van der Waals surface area contributed by atoms with Gasteiger partial charge in [0, 0.05) is 19.5 Å². The lowest BCUT2D eigenvalue weighted by atomic mass is 10.0. The minimum Gasteiger partial charge on any atom is -0.467 e. The van der Waals surface area contributed by atoms with E-state index in [2.05, 4.69) is 36.1 Å². The van der Waals surface area contributed by atoms with Gasteiger partial charge in [0.2, 0.25) is 0 Å². The average Bonchev–Trinajstić information content (AvgIpc) is 3.31. The maximum absolute atomic E-state index is 13.2. The monoisotopic (exact) mass is 381 g/mol. The van der Waals surface area contributed by atoms with Gasteiger partial charge in [-0.05, 0) is 38.5 Å². The van der Waals surface area contributed by atoms with E-state index in [1.54, 1.807) is 11.3 Å². The van der Waals surface area contributed by atoms with E-state index < -0.39 is 0 Å². The van der Waals surface area contributed by atoms with Crippen LogP contribution in [0.5, 0.6) is 0 Å². The third-order valence-corrected chi connectivity index (χ3v) is 5.28. The van der Waals surface area contributed by atoms with Crippen LogP contribution >= 0.6 is 0 Å². The molecule has 0 aliphatic carbocycles. The summed E-state index contributed by atoms with van der Waals surface area (Å²) in [7, 11) is 0. The molecule has 1 aromatic carbocycles. The first-order valence-corrected chi connectivity index (χ1v) is 9.87. The zero-order chi connectivity index (χ0) is 19.7. The molecule has 6 heteroatoms. The molecule has 0 radical (unpaired) electrons. The Labute approximate surface area is 165 Å². The summed E-state index contributed by atoms with van der Waals surface area (Å²) in [5, 5.41) is 6.32. The van der Waals surface area contributed by atoms with Gasteiger partial charge in [-0.15, -0.1) is 0 Å². The Balaban J connectivity index is 1.55. The van der Waals surface area contributed by atoms with Gasteiger partial charge in [0.05, 0.1) is 30.7 Å². The lowest BCUT2D eigenvalue weighted by Gasteiger charge is -2.35. The first-order valence-electron chi connectivity index (χ1n) is 9.87. The molecule has 1 saturated heterocycles. The van der Waals surface area contributed by atoms with Crippen molar-refractivity contribution in [1.82, 2.24) is 9.91 Å². The van der Waals surface area contributed by atoms with Gasteiger partial charge in [0.25, 0.3) is 5.91 Å². The van der Waals surface area contributed by atoms with Crippen LogP contribution in [0.15, 0.2) is 52.2 Å². The number of hydrazone groups is 1. The van der Waals surface area contributed by atoms with Crippen molar-refractivity contribution in [3.63, 3.8) is 0 Å². The van der Waals surface area contributed by atoms with Crippen molar-refractivity contribution in [2.75, 3.05) is 19.6 Å². The topological polar surface area (TPSA) is 58.3 Å². The Kier molecular flexibility index (Phi) is 5.33. The summed E-state index contributed by atoms with van der Waals surface area (Å²) in [6, 6.07) is 11.8. The van der Waals surface area contributed by atoms with Crippen molar-refractivity contribution in [1.29, 1.82) is 0 Å². The summed E-state index contributed by atoms with van der Waals surface area (Å²) >= 11 is 0. The van der Waals surface area contributed by atoms with Crippen LogP contribution in [0.4, 0.5) is 0 Å². The van der Waals surface area contributed by atoms with E-state index in [4.69, 9.17) is 14.3 Å². The van der Waals surface area contributed by atoms with Gasteiger partial charge in [-0.3, -0.25) is 9.69 Å². The van der Waals surface area contributed by atoms with Gasteiger partial charge in [-0.1, -0.05) is 29.8 Å². The first kappa shape index (κ1) is 18.9. The van der Waals surface area contributed by atoms with Crippen molar-refractivity contribution >= 4 is 11.6 Å². The number of hydrogen-bond acceptors (Lipinski definition) is 5. The van der Waals surface area contributed by atoms with Crippen molar-refractivity contribution < 1.29 is 13.9 Å². The summed E-state index contributed by atoms with van der Waals surface area (Å²) in [6.07, 6.45) is 2.55. The van der Waals surface area contributed by atoms with Crippen LogP contribution < -0.4 is 0 Å². The molecule has 28 heavy (non-hydrogen) atoms. The zero-order valence-electron chi connectivity index (χ0n) is 16.7. The van der Waals surface area contributed by atoms with Crippen molar-refractivity contribution in [2.24, 2.45) is 5.10 Å². The highest BCUT2D eigenvalue weighted by molar-refractivity contribution is 6.03. The molecule has 0 unspecified atom stereocenters. The van der Waals surface area contributed by atoms with E-state index in [0.717, 1.165) is 30.1 Å². The van der Waals surface area contributed by atoms with E-state index in [9.17, 15) is 4.79 Å². The molecule has 0 N–H and O–H groups in total. The highest BCUT2D eigenvalue weighted by Crippen LogP contribution is 2.33. The Morgan fingerprint density at radius 1 is 1.14 bits per heavy atom. The number of rotatable bonds is 4. The largest absolute Gasteiger partial charge is 0.467 e. The third-order valence-electron chi connectivity index (χ3n) is 5.28. The molecule has 4 rings (SSSR count). The first-order chi connectivity index (χ1) is 13.5. The highest BCUT2D eigenvalue weighted by atomic mass is 16.5. The molecular weight excluding hydrogens is 354 g/mol. The number of furan rings is 1. The van der Waals surface area contributed by atoms with Crippen LogP contribution in [-0.2, 0) is 9.53 Å². The number of ether oxygens (including phenoxy) is 1. The number of nitrogens with zero attached hydrogens (tertiary/aromatic N) is 3. The SMILES string of the molecule is Cc1ccc(C2=NN(C(=O)CN3C[C@@H](C)O[C@@H](C)C3)[C@H](c3ccco3)C2)cc1. The highest BCUT2D eigenvalue weighted by Gasteiger charge is 2.36. The molecule has 1 amide bonds. The predicted octanol–water partition coefficient (Wildman–Crippen LogP) is 3.37. The summed E-state index contributed by atoms with van der Waals surface area (Å²) in [4.78, 5) is 15.3. The molecule has 6 nitrogen and oxygen atoms in total. The molecule has 3 heterocycles. The molecule has 148 valence electrons. The smallest absolute Gasteiger partial charge is 0.257 e. The lowest BCUT2D eigenvalue weighted by Crippen LogP contribution is -2.49. The van der Waals surface area contributed by atoms with Gasteiger partial charge in [0.15, 0.2) is 0 Å². The second-order valence-corrected chi connectivity index (χ2v) is 7.84. The van der Waals surface area contributed by atoms with E-state index in [1.807, 2.05) is 26.0 Å². The molecule has 3 atom stereocenters. The average molecular weight is 381 g/mol. The molecular formula is C22H27N3O3. The minimum absolute atomic E-state index is 0.00943. The number of amides is 1. The Bertz CT molecular complexity index is 834. The Morgan fingerprint density at radius 2 is 1.86 bits per heavy atom. The Hall–Kier alpha value is -2.44. The molecule has 0 saturated carbocycles. The van der Waals surface area contributed by atoms with Crippen molar-refractivity contribution in [3.05, 3.63) is 59.5 Å². The molecule has 2 aliphatic heterocycles. The van der Waals surface area contributed by atoms with Gasteiger partial charge in [0.1, 0.15) is 11.8 Å². The summed E-state index contributed by atoms with van der Waals surface area (Å²) in [5.74, 6) is 0.757. The molecule has 1 fully saturated rings. The third kappa shape index (κ3) is 4.03. The van der Waals surface area contributed by atoms with Gasteiger partial charge in [-0.25, -0.2) is 5.01 Å². The van der Waals surface area contributed by atoms with Crippen LogP contribution in [0, 0.1) is 6.92 Å². The maximum atomic E-state index is 13.2. The fourth-order valence-corrected chi connectivity index (χ4v) is 4.04. The number of aryl methyl sites for hydroxylation is 1. The van der Waals surface area contributed by atoms with Gasteiger partial charge >= 0.3 is 0 Å². The number of carbonyl (C=O) groups is 1. The van der Waals surface area contributed by atoms with Crippen LogP contribution in [-0.4, -0.2) is 53.4 Å². The lowest BCUT2D eigenvalue weighted by molar-refractivity contribution is -0.138. The molecule has 1 aromatic heterocycles. The summed E-state index contributed by atoms with van der Waals surface area (Å²) < 4.78 is 11.4. The zero-order valence-corrected chi connectivity index (χ0v) is 16.7. The maximum Gasteiger partial charge on any atom is 0.257 e. The molecule has 0 bridgehead atoms. The quantitative estimate of drug-likeness (QED) is 0.815. The van der Waals surface area contributed by atoms with E-state index in [1.165, 1.54) is 5.56 Å². The molecule has 2 aromatic rings. The van der Waals surface area contributed by atoms with E-state index in [-0.39, 0.29) is 24.2 Å². The molecule has 2 aliphatic rings. The summed E-state index contributed by atoms with van der Waals surface area (Å²) in [5.41, 5.74) is 3.16. The molecule has 0 spiro atoms. The predicted molar refractivity (Wildman–Crippen MR) is 107 cm³/mol. The number of carbonyl (C=O) groups excluding carboxylic acids is 1. The summed E-state index contributed by atoms with van der Waals surface area (Å²) in [6.45, 7) is 7.99. The van der Waals surface area contributed by atoms with Crippen LogP contribution in [0.2, 0.25) is 0 Å². The van der Waals surface area contributed by atoms with E-state index >= 15 is 0 Å². The van der Waals surface area contributed by atoms with Gasteiger partial charge in [-0.2, -0.15) is 5.10 Å². The minimum atomic E-state index is -0.199. The standard InChI is InChI=1S/C22H27N3O3/c1-15-6-8-18(9-7-15)19-11-20(21-5-4-10-27-21)25(23-19)22(26)14-24-12-16(2)28-17(3)13-24/h4-10,16-17,20H,11-14H2,1-3H3/t16-,17+,20-/m0/s1. The second kappa shape index (κ2) is 7.89. The van der Waals surface area contributed by atoms with E-state index in [0.29, 0.717) is 13.0 Å². The van der Waals surface area contributed by atoms with Crippen LogP contribution in [0.25, 0.3) is 0 Å². The normalized spacial score (nSPS) is 25.8. The fourth-order valence-electron chi connectivity index (χ4n) is 4.04. The number of hydrogen-bond donors (Lipinski definition) is 0. The van der Waals surface area contributed by atoms with Crippen molar-refractivity contribution in [3.8, 4) is 0 Å². The van der Waals surface area contributed by atoms with Gasteiger partial charge < -0.3 is 9.15 Å². The fraction of sp³-hybridized carbons (Fsp3) is 0.455. The second-order valence-electron chi connectivity index (χ2n) is 7.84. The Morgan fingerprint density at radius 3 is 2.50 bits per heavy atom. The number of morpholine rings is 1. The van der Waals surface area contributed by atoms with Crippen LogP contribution in [0.1, 0.15) is 43.2 Å². The number of benzene rings is 1.